The zero-order valence-corrected chi connectivity index (χ0v) is 10.1. The summed E-state index contributed by atoms with van der Waals surface area (Å²) in [5.41, 5.74) is 6.61. The first-order chi connectivity index (χ1) is 8.70. The highest BCUT2D eigenvalue weighted by Crippen LogP contribution is 2.32. The second kappa shape index (κ2) is 5.82. The number of nitrogens with two attached hydrogens (primary N) is 1. The third kappa shape index (κ3) is 3.43. The molecule has 1 aliphatic carbocycles. The Labute approximate surface area is 105 Å². The lowest BCUT2D eigenvalue weighted by atomic mass is 10.1. The maximum absolute atomic E-state index is 13.1. The SMILES string of the molecule is N/C(=N/O)c1cc(F)ccc1COCCC1CC1. The number of benzene rings is 1. The molecule has 0 radical (unpaired) electrons. The Hall–Kier alpha value is -1.62. The number of nitrogens with zero attached hydrogens (tertiary/aromatic N) is 1. The zero-order valence-electron chi connectivity index (χ0n) is 10.1. The van der Waals surface area contributed by atoms with Crippen LogP contribution in [0.4, 0.5) is 4.39 Å². The van der Waals surface area contributed by atoms with E-state index in [0.717, 1.165) is 17.9 Å². The number of halogens is 1. The predicted molar refractivity (Wildman–Crippen MR) is 65.9 cm³/mol. The van der Waals surface area contributed by atoms with E-state index in [1.54, 1.807) is 6.07 Å². The molecule has 1 saturated carbocycles. The van der Waals surface area contributed by atoms with Gasteiger partial charge in [-0.05, 0) is 30.0 Å². The number of rotatable bonds is 6. The van der Waals surface area contributed by atoms with Crippen molar-refractivity contribution in [2.75, 3.05) is 6.61 Å². The summed E-state index contributed by atoms with van der Waals surface area (Å²) in [7, 11) is 0. The summed E-state index contributed by atoms with van der Waals surface area (Å²) in [6, 6.07) is 4.18. The molecule has 1 aromatic rings. The summed E-state index contributed by atoms with van der Waals surface area (Å²) in [4.78, 5) is 0. The molecule has 0 aliphatic heterocycles. The van der Waals surface area contributed by atoms with Gasteiger partial charge in [-0.1, -0.05) is 24.1 Å². The van der Waals surface area contributed by atoms with Crippen molar-refractivity contribution >= 4 is 5.84 Å². The van der Waals surface area contributed by atoms with Crippen molar-refractivity contribution in [1.29, 1.82) is 0 Å². The molecule has 0 unspecified atom stereocenters. The fourth-order valence-electron chi connectivity index (χ4n) is 1.81. The van der Waals surface area contributed by atoms with Gasteiger partial charge in [-0.25, -0.2) is 4.39 Å². The minimum atomic E-state index is -0.418. The topological polar surface area (TPSA) is 67.8 Å². The lowest BCUT2D eigenvalue weighted by Crippen LogP contribution is -2.16. The smallest absolute Gasteiger partial charge is 0.170 e. The quantitative estimate of drug-likeness (QED) is 0.268. The molecule has 0 amide bonds. The summed E-state index contributed by atoms with van der Waals surface area (Å²) < 4.78 is 18.6. The number of hydrogen-bond donors (Lipinski definition) is 2. The van der Waals surface area contributed by atoms with E-state index in [4.69, 9.17) is 15.7 Å². The van der Waals surface area contributed by atoms with Crippen LogP contribution in [0.1, 0.15) is 30.4 Å². The van der Waals surface area contributed by atoms with Gasteiger partial charge < -0.3 is 15.7 Å². The Kier molecular flexibility index (Phi) is 4.15. The molecule has 1 aliphatic rings. The fourth-order valence-corrected chi connectivity index (χ4v) is 1.81. The molecule has 2 rings (SSSR count). The van der Waals surface area contributed by atoms with Crippen LogP contribution < -0.4 is 5.73 Å². The molecular weight excluding hydrogens is 235 g/mol. The van der Waals surface area contributed by atoms with Gasteiger partial charge in [0.15, 0.2) is 5.84 Å². The molecule has 0 atom stereocenters. The minimum Gasteiger partial charge on any atom is -0.409 e. The van der Waals surface area contributed by atoms with Crippen LogP contribution in [0.15, 0.2) is 23.4 Å². The van der Waals surface area contributed by atoms with E-state index in [9.17, 15) is 4.39 Å². The van der Waals surface area contributed by atoms with Gasteiger partial charge in [0.1, 0.15) is 5.82 Å². The van der Waals surface area contributed by atoms with Crippen LogP contribution in [0.5, 0.6) is 0 Å². The molecule has 4 nitrogen and oxygen atoms in total. The highest BCUT2D eigenvalue weighted by atomic mass is 19.1. The summed E-state index contributed by atoms with van der Waals surface area (Å²) in [5.74, 6) is 0.301. The summed E-state index contributed by atoms with van der Waals surface area (Å²) in [5, 5.41) is 11.6. The van der Waals surface area contributed by atoms with Crippen molar-refractivity contribution in [3.05, 3.63) is 35.1 Å². The van der Waals surface area contributed by atoms with Crippen molar-refractivity contribution in [2.45, 2.75) is 25.9 Å². The van der Waals surface area contributed by atoms with Gasteiger partial charge in [0, 0.05) is 12.2 Å². The van der Waals surface area contributed by atoms with Gasteiger partial charge in [0.25, 0.3) is 0 Å². The Morgan fingerprint density at radius 1 is 1.50 bits per heavy atom. The predicted octanol–water partition coefficient (Wildman–Crippen LogP) is 2.24. The average molecular weight is 252 g/mol. The molecule has 0 aromatic heterocycles. The highest BCUT2D eigenvalue weighted by molar-refractivity contribution is 5.98. The van der Waals surface area contributed by atoms with Gasteiger partial charge >= 0.3 is 0 Å². The zero-order chi connectivity index (χ0) is 13.0. The second-order valence-electron chi connectivity index (χ2n) is 4.57. The Balaban J connectivity index is 1.96. The molecule has 18 heavy (non-hydrogen) atoms. The van der Waals surface area contributed by atoms with Crippen LogP contribution in [-0.2, 0) is 11.3 Å². The molecular formula is C13H17FN2O2. The van der Waals surface area contributed by atoms with Crippen LogP contribution >= 0.6 is 0 Å². The van der Waals surface area contributed by atoms with E-state index < -0.39 is 5.82 Å². The minimum absolute atomic E-state index is 0.102. The van der Waals surface area contributed by atoms with E-state index in [1.807, 2.05) is 0 Å². The van der Waals surface area contributed by atoms with E-state index in [1.165, 1.54) is 25.0 Å². The maximum atomic E-state index is 13.1. The molecule has 1 aromatic carbocycles. The first-order valence-corrected chi connectivity index (χ1v) is 6.04. The normalized spacial score (nSPS) is 15.9. The van der Waals surface area contributed by atoms with E-state index in [0.29, 0.717) is 18.8 Å². The Bertz CT molecular complexity index is 445. The monoisotopic (exact) mass is 252 g/mol. The largest absolute Gasteiger partial charge is 0.409 e. The van der Waals surface area contributed by atoms with E-state index >= 15 is 0 Å². The number of ether oxygens (including phenoxy) is 1. The number of amidine groups is 1. The van der Waals surface area contributed by atoms with Crippen molar-refractivity contribution in [3.63, 3.8) is 0 Å². The first-order valence-electron chi connectivity index (χ1n) is 6.04. The van der Waals surface area contributed by atoms with Crippen LogP contribution in [0.3, 0.4) is 0 Å². The third-order valence-corrected chi connectivity index (χ3v) is 3.08. The summed E-state index contributed by atoms with van der Waals surface area (Å²) >= 11 is 0. The third-order valence-electron chi connectivity index (χ3n) is 3.08. The second-order valence-corrected chi connectivity index (χ2v) is 4.57. The molecule has 1 fully saturated rings. The molecule has 0 heterocycles. The van der Waals surface area contributed by atoms with Gasteiger partial charge in [0.2, 0.25) is 0 Å². The molecule has 0 bridgehead atoms. The Morgan fingerprint density at radius 3 is 2.94 bits per heavy atom. The highest BCUT2D eigenvalue weighted by Gasteiger charge is 2.20. The summed E-state index contributed by atoms with van der Waals surface area (Å²) in [6.07, 6.45) is 3.67. The van der Waals surface area contributed by atoms with E-state index in [-0.39, 0.29) is 5.84 Å². The van der Waals surface area contributed by atoms with E-state index in [2.05, 4.69) is 5.16 Å². The number of oxime groups is 1. The molecule has 0 saturated heterocycles. The van der Waals surface area contributed by atoms with Gasteiger partial charge in [0.05, 0.1) is 6.61 Å². The maximum Gasteiger partial charge on any atom is 0.170 e. The lowest BCUT2D eigenvalue weighted by molar-refractivity contribution is 0.115. The van der Waals surface area contributed by atoms with Gasteiger partial charge in [-0.2, -0.15) is 0 Å². The molecule has 0 spiro atoms. The fraction of sp³-hybridized carbons (Fsp3) is 0.462. The average Bonchev–Trinajstić information content (AvgIpc) is 3.19. The van der Waals surface area contributed by atoms with Crippen LogP contribution in [0, 0.1) is 11.7 Å². The van der Waals surface area contributed by atoms with Crippen LogP contribution in [0.25, 0.3) is 0 Å². The standard InChI is InChI=1S/C13H17FN2O2/c14-11-4-3-10(12(7-11)13(15)16-17)8-18-6-5-9-1-2-9/h3-4,7,9,17H,1-2,5-6,8H2,(H2,15,16). The molecule has 98 valence electrons. The van der Waals surface area contributed by atoms with Gasteiger partial charge in [-0.15, -0.1) is 0 Å². The van der Waals surface area contributed by atoms with Crippen molar-refractivity contribution < 1.29 is 14.3 Å². The molecule has 3 N–H and O–H groups in total. The molecule has 5 heteroatoms. The van der Waals surface area contributed by atoms with Crippen LogP contribution in [0.2, 0.25) is 0 Å². The van der Waals surface area contributed by atoms with Gasteiger partial charge in [-0.3, -0.25) is 0 Å². The van der Waals surface area contributed by atoms with Crippen molar-refractivity contribution in [3.8, 4) is 0 Å². The summed E-state index contributed by atoms with van der Waals surface area (Å²) in [6.45, 7) is 1.04. The Morgan fingerprint density at radius 2 is 2.28 bits per heavy atom. The first kappa shape index (κ1) is 12.8. The van der Waals surface area contributed by atoms with Crippen LogP contribution in [-0.4, -0.2) is 17.6 Å². The number of hydrogen-bond acceptors (Lipinski definition) is 3. The van der Waals surface area contributed by atoms with Crippen molar-refractivity contribution in [2.24, 2.45) is 16.8 Å². The van der Waals surface area contributed by atoms with Crippen molar-refractivity contribution in [1.82, 2.24) is 0 Å². The lowest BCUT2D eigenvalue weighted by Gasteiger charge is -2.09.